The van der Waals surface area contributed by atoms with Gasteiger partial charge in [-0.15, -0.1) is 11.3 Å². The Kier molecular flexibility index (Phi) is 5.57. The fraction of sp³-hybridized carbons (Fsp3) is 0.167. The van der Waals surface area contributed by atoms with Gasteiger partial charge < -0.3 is 9.72 Å². The van der Waals surface area contributed by atoms with E-state index in [1.54, 1.807) is 26.0 Å². The molecule has 8 nitrogen and oxygen atoms in total. The molecule has 0 spiro atoms. The summed E-state index contributed by atoms with van der Waals surface area (Å²) in [7, 11) is 0. The Morgan fingerprint density at radius 3 is 2.86 bits per heavy atom. The molecule has 2 heterocycles. The van der Waals surface area contributed by atoms with Gasteiger partial charge in [0.15, 0.2) is 0 Å². The molecule has 0 aliphatic heterocycles. The number of benzene rings is 1. The minimum absolute atomic E-state index is 0.0376. The number of rotatable bonds is 5. The number of aromatic nitrogens is 2. The Morgan fingerprint density at radius 1 is 1.43 bits per heavy atom. The molecule has 0 aliphatic carbocycles. The van der Waals surface area contributed by atoms with Gasteiger partial charge in [0.1, 0.15) is 20.6 Å². The predicted octanol–water partition coefficient (Wildman–Crippen LogP) is 4.20. The van der Waals surface area contributed by atoms with Crippen molar-refractivity contribution in [1.82, 2.24) is 9.97 Å². The smallest absolute Gasteiger partial charge is 0.348 e. The van der Waals surface area contributed by atoms with Gasteiger partial charge in [0.25, 0.3) is 11.2 Å². The largest absolute Gasteiger partial charge is 0.462 e. The second kappa shape index (κ2) is 7.91. The molecule has 0 saturated carbocycles. The molecule has 0 radical (unpaired) electrons. The topological polar surface area (TPSA) is 115 Å². The lowest BCUT2D eigenvalue weighted by atomic mass is 10.2. The summed E-state index contributed by atoms with van der Waals surface area (Å²) < 4.78 is 5.01. The van der Waals surface area contributed by atoms with Crippen molar-refractivity contribution in [2.75, 3.05) is 6.61 Å². The van der Waals surface area contributed by atoms with E-state index in [4.69, 9.17) is 16.3 Å². The number of halogens is 1. The number of carbonyl (C=O) groups excluding carboxylic acids is 1. The third-order valence-electron chi connectivity index (χ3n) is 3.88. The minimum atomic E-state index is -0.572. The van der Waals surface area contributed by atoms with Crippen LogP contribution in [0.15, 0.2) is 23.0 Å². The first-order valence-electron chi connectivity index (χ1n) is 8.14. The summed E-state index contributed by atoms with van der Waals surface area (Å²) >= 11 is 6.88. The number of fused-ring (bicyclic) bond motifs is 1. The Morgan fingerprint density at radius 2 is 2.18 bits per heavy atom. The highest BCUT2D eigenvalue weighted by Crippen LogP contribution is 2.28. The average molecular weight is 420 g/mol. The first kappa shape index (κ1) is 19.7. The van der Waals surface area contributed by atoms with Gasteiger partial charge in [0.2, 0.25) is 0 Å². The zero-order chi connectivity index (χ0) is 20.4. The Hall–Kier alpha value is -3.04. The van der Waals surface area contributed by atoms with Gasteiger partial charge in [-0.3, -0.25) is 14.9 Å². The zero-order valence-corrected chi connectivity index (χ0v) is 16.4. The van der Waals surface area contributed by atoms with Gasteiger partial charge in [0, 0.05) is 6.07 Å². The molecule has 1 aromatic carbocycles. The van der Waals surface area contributed by atoms with E-state index in [-0.39, 0.29) is 28.7 Å². The Labute approximate surface area is 167 Å². The van der Waals surface area contributed by atoms with E-state index >= 15 is 0 Å². The second-order valence-electron chi connectivity index (χ2n) is 5.71. The number of nitro groups is 1. The lowest BCUT2D eigenvalue weighted by molar-refractivity contribution is -0.384. The number of hydrogen-bond acceptors (Lipinski definition) is 7. The summed E-state index contributed by atoms with van der Waals surface area (Å²) in [5.41, 5.74) is 0.453. The minimum Gasteiger partial charge on any atom is -0.462 e. The van der Waals surface area contributed by atoms with Crippen LogP contribution in [0.25, 0.3) is 22.4 Å². The summed E-state index contributed by atoms with van der Waals surface area (Å²) in [5.74, 6) is -0.236. The normalized spacial score (nSPS) is 11.2. The third kappa shape index (κ3) is 3.80. The van der Waals surface area contributed by atoms with Crippen molar-refractivity contribution in [3.63, 3.8) is 0 Å². The summed E-state index contributed by atoms with van der Waals surface area (Å²) in [6.45, 7) is 3.61. The molecule has 10 heteroatoms. The summed E-state index contributed by atoms with van der Waals surface area (Å²) in [6, 6.07) is 4.35. The van der Waals surface area contributed by atoms with E-state index in [2.05, 4.69) is 9.97 Å². The molecule has 0 amide bonds. The number of H-pyrrole nitrogens is 1. The number of nitrogens with zero attached hydrogens (tertiary/aromatic N) is 2. The molecular formula is C18H14ClN3O5S. The van der Waals surface area contributed by atoms with Crippen molar-refractivity contribution >= 4 is 57.0 Å². The Bertz CT molecular complexity index is 1180. The van der Waals surface area contributed by atoms with Crippen molar-refractivity contribution in [2.45, 2.75) is 13.8 Å². The van der Waals surface area contributed by atoms with E-state index < -0.39 is 10.9 Å². The van der Waals surface area contributed by atoms with E-state index in [1.807, 2.05) is 0 Å². The molecule has 0 fully saturated rings. The fourth-order valence-electron chi connectivity index (χ4n) is 2.58. The molecule has 3 aromatic rings. The molecular weight excluding hydrogens is 406 g/mol. The predicted molar refractivity (Wildman–Crippen MR) is 108 cm³/mol. The molecule has 0 bridgehead atoms. The number of aryl methyl sites for hydroxylation is 1. The SMILES string of the molecule is CCOC(=O)c1sc2nc(C=Cc3ccc(Cl)c([N+](=O)[O-])c3)[nH]c(=O)c2c1C. The van der Waals surface area contributed by atoms with Crippen LogP contribution in [-0.2, 0) is 4.74 Å². The van der Waals surface area contributed by atoms with Crippen molar-refractivity contribution < 1.29 is 14.5 Å². The molecule has 3 rings (SSSR count). The molecule has 2 aromatic heterocycles. The van der Waals surface area contributed by atoms with Gasteiger partial charge in [0.05, 0.1) is 16.9 Å². The maximum absolute atomic E-state index is 12.4. The molecule has 0 saturated heterocycles. The highest BCUT2D eigenvalue weighted by atomic mass is 35.5. The highest BCUT2D eigenvalue weighted by molar-refractivity contribution is 7.20. The van der Waals surface area contributed by atoms with Crippen molar-refractivity contribution in [3.8, 4) is 0 Å². The summed E-state index contributed by atoms with van der Waals surface area (Å²) in [4.78, 5) is 42.6. The van der Waals surface area contributed by atoms with Crippen LogP contribution in [0.3, 0.4) is 0 Å². The highest BCUT2D eigenvalue weighted by Gasteiger charge is 2.20. The summed E-state index contributed by atoms with van der Waals surface area (Å²) in [5, 5.41) is 11.4. The molecule has 1 N–H and O–H groups in total. The van der Waals surface area contributed by atoms with E-state index in [9.17, 15) is 19.7 Å². The van der Waals surface area contributed by atoms with E-state index in [0.717, 1.165) is 11.3 Å². The molecule has 28 heavy (non-hydrogen) atoms. The molecule has 0 aliphatic rings. The zero-order valence-electron chi connectivity index (χ0n) is 14.8. The number of nitrogens with one attached hydrogen (secondary N) is 1. The van der Waals surface area contributed by atoms with E-state index in [0.29, 0.717) is 26.2 Å². The van der Waals surface area contributed by atoms with Crippen LogP contribution >= 0.6 is 22.9 Å². The van der Waals surface area contributed by atoms with E-state index in [1.165, 1.54) is 18.2 Å². The lowest BCUT2D eigenvalue weighted by Crippen LogP contribution is -2.10. The number of thiophene rings is 1. The maximum Gasteiger partial charge on any atom is 0.348 e. The molecule has 0 unspecified atom stereocenters. The monoisotopic (exact) mass is 419 g/mol. The van der Waals surface area contributed by atoms with Crippen molar-refractivity contribution in [3.05, 3.63) is 65.5 Å². The van der Waals surface area contributed by atoms with Gasteiger partial charge in [-0.1, -0.05) is 23.7 Å². The number of aromatic amines is 1. The maximum atomic E-state index is 12.4. The van der Waals surface area contributed by atoms with Gasteiger partial charge in [-0.2, -0.15) is 0 Å². The van der Waals surface area contributed by atoms with Crippen LogP contribution in [-0.4, -0.2) is 27.5 Å². The number of carbonyl (C=O) groups is 1. The first-order valence-corrected chi connectivity index (χ1v) is 9.33. The van der Waals surface area contributed by atoms with Crippen LogP contribution in [0.1, 0.15) is 33.5 Å². The van der Waals surface area contributed by atoms with Crippen LogP contribution in [0.5, 0.6) is 0 Å². The second-order valence-corrected chi connectivity index (χ2v) is 7.12. The summed E-state index contributed by atoms with van der Waals surface area (Å²) in [6.07, 6.45) is 3.09. The van der Waals surface area contributed by atoms with Crippen LogP contribution in [0.4, 0.5) is 5.69 Å². The lowest BCUT2D eigenvalue weighted by Gasteiger charge is -1.99. The van der Waals surface area contributed by atoms with Gasteiger partial charge in [-0.25, -0.2) is 9.78 Å². The number of ether oxygens (including phenoxy) is 1. The fourth-order valence-corrected chi connectivity index (χ4v) is 3.85. The third-order valence-corrected chi connectivity index (χ3v) is 5.37. The van der Waals surface area contributed by atoms with Crippen LogP contribution in [0, 0.1) is 17.0 Å². The van der Waals surface area contributed by atoms with Crippen LogP contribution in [0.2, 0.25) is 5.02 Å². The van der Waals surface area contributed by atoms with Crippen molar-refractivity contribution in [1.29, 1.82) is 0 Å². The molecule has 144 valence electrons. The van der Waals surface area contributed by atoms with Crippen LogP contribution < -0.4 is 5.56 Å². The quantitative estimate of drug-likeness (QED) is 0.376. The first-order chi connectivity index (χ1) is 13.3. The molecule has 0 atom stereocenters. The number of esters is 1. The van der Waals surface area contributed by atoms with Gasteiger partial charge >= 0.3 is 5.97 Å². The average Bonchev–Trinajstić information content (AvgIpc) is 2.98. The van der Waals surface area contributed by atoms with Crippen molar-refractivity contribution in [2.24, 2.45) is 0 Å². The number of hydrogen-bond donors (Lipinski definition) is 1. The Balaban J connectivity index is 2.00. The number of nitro benzene ring substituents is 1. The van der Waals surface area contributed by atoms with Gasteiger partial charge in [-0.05, 0) is 37.1 Å². The standard InChI is InChI=1S/C18H14ClN3O5S/c1-3-27-18(24)15-9(2)14-16(23)20-13(21-17(14)28-15)7-5-10-4-6-11(19)12(8-10)22(25)26/h4-8H,3H2,1-2H3,(H,20,21,23).